The molecule has 0 saturated heterocycles. The lowest BCUT2D eigenvalue weighted by molar-refractivity contribution is 0.0963. The van der Waals surface area contributed by atoms with Crippen molar-refractivity contribution in [3.8, 4) is 11.5 Å². The first kappa shape index (κ1) is 14.2. The molecule has 0 aliphatic carbocycles. The zero-order chi connectivity index (χ0) is 15.2. The van der Waals surface area contributed by atoms with E-state index in [1.54, 1.807) is 12.1 Å². The fourth-order valence-corrected chi connectivity index (χ4v) is 2.29. The van der Waals surface area contributed by atoms with E-state index >= 15 is 0 Å². The van der Waals surface area contributed by atoms with E-state index < -0.39 is 0 Å². The van der Waals surface area contributed by atoms with E-state index in [1.165, 1.54) is 0 Å². The van der Waals surface area contributed by atoms with E-state index in [1.807, 2.05) is 48.7 Å². The largest absolute Gasteiger partial charge is 0.457 e. The Hall–Kier alpha value is -2.75. The number of hydrogen-bond donors (Lipinski definition) is 2. The molecule has 0 spiro atoms. The van der Waals surface area contributed by atoms with Gasteiger partial charge in [0.2, 0.25) is 0 Å². The van der Waals surface area contributed by atoms with E-state index in [2.05, 4.69) is 10.6 Å². The van der Waals surface area contributed by atoms with Gasteiger partial charge in [-0.1, -0.05) is 24.3 Å². The summed E-state index contributed by atoms with van der Waals surface area (Å²) in [4.78, 5) is 12.3. The molecule has 3 rings (SSSR count). The molecular weight excluding hydrogens is 276 g/mol. The summed E-state index contributed by atoms with van der Waals surface area (Å²) in [5, 5.41) is 6.06. The summed E-state index contributed by atoms with van der Waals surface area (Å²) in [6.07, 6.45) is 3.79. The van der Waals surface area contributed by atoms with Crippen LogP contribution in [0.3, 0.4) is 0 Å². The van der Waals surface area contributed by atoms with E-state index in [0.717, 1.165) is 30.8 Å². The van der Waals surface area contributed by atoms with Gasteiger partial charge in [0.15, 0.2) is 0 Å². The molecule has 112 valence electrons. The zero-order valence-corrected chi connectivity index (χ0v) is 12.2. The third-order valence-electron chi connectivity index (χ3n) is 3.39. The number of rotatable bonds is 4. The Morgan fingerprint density at radius 2 is 1.86 bits per heavy atom. The molecule has 0 bridgehead atoms. The normalized spacial score (nSPS) is 13.7. The number of ether oxygens (including phenoxy) is 1. The molecule has 2 aromatic carbocycles. The van der Waals surface area contributed by atoms with Crippen LogP contribution in [0.15, 0.2) is 66.5 Å². The summed E-state index contributed by atoms with van der Waals surface area (Å²) >= 11 is 0. The summed E-state index contributed by atoms with van der Waals surface area (Å²) < 4.78 is 5.75. The molecule has 2 N–H and O–H groups in total. The Bertz CT molecular complexity index is 680. The Morgan fingerprint density at radius 3 is 2.64 bits per heavy atom. The van der Waals surface area contributed by atoms with Gasteiger partial charge in [0, 0.05) is 24.0 Å². The summed E-state index contributed by atoms with van der Waals surface area (Å²) in [6.45, 7) is 0.958. The second kappa shape index (κ2) is 6.80. The molecule has 0 atom stereocenters. The van der Waals surface area contributed by atoms with Crippen LogP contribution >= 0.6 is 0 Å². The minimum Gasteiger partial charge on any atom is -0.457 e. The van der Waals surface area contributed by atoms with Crippen molar-refractivity contribution >= 4 is 5.91 Å². The Balaban J connectivity index is 1.70. The van der Waals surface area contributed by atoms with Gasteiger partial charge < -0.3 is 15.4 Å². The highest BCUT2D eigenvalue weighted by Gasteiger charge is 2.10. The lowest BCUT2D eigenvalue weighted by atomic mass is 10.1. The van der Waals surface area contributed by atoms with Crippen LogP contribution in [0.5, 0.6) is 11.5 Å². The number of amides is 1. The molecule has 4 nitrogen and oxygen atoms in total. The Morgan fingerprint density at radius 1 is 1.05 bits per heavy atom. The molecule has 0 unspecified atom stereocenters. The minimum atomic E-state index is -0.117. The van der Waals surface area contributed by atoms with Crippen molar-refractivity contribution in [2.45, 2.75) is 12.8 Å². The standard InChI is InChI=1S/C18H18N2O2/c21-18(20-15-7-5-11-19-13-15)14-6-4-10-17(12-14)22-16-8-2-1-3-9-16/h1-4,6,8-10,12-13,19H,5,7,11H2,(H,20,21). The van der Waals surface area contributed by atoms with Crippen LogP contribution in [-0.4, -0.2) is 12.5 Å². The van der Waals surface area contributed by atoms with Crippen LogP contribution in [0.2, 0.25) is 0 Å². The number of nitrogens with one attached hydrogen (secondary N) is 2. The molecule has 0 aromatic heterocycles. The molecule has 4 heteroatoms. The summed E-state index contributed by atoms with van der Waals surface area (Å²) in [5.41, 5.74) is 1.51. The average Bonchev–Trinajstić information content (AvgIpc) is 2.57. The smallest absolute Gasteiger partial charge is 0.255 e. The van der Waals surface area contributed by atoms with Gasteiger partial charge in [-0.15, -0.1) is 0 Å². The minimum absolute atomic E-state index is 0.117. The van der Waals surface area contributed by atoms with E-state index in [0.29, 0.717) is 11.3 Å². The number of carbonyl (C=O) groups excluding carboxylic acids is 1. The van der Waals surface area contributed by atoms with Gasteiger partial charge in [-0.3, -0.25) is 4.79 Å². The topological polar surface area (TPSA) is 50.4 Å². The van der Waals surface area contributed by atoms with Crippen LogP contribution in [0.25, 0.3) is 0 Å². The second-order valence-electron chi connectivity index (χ2n) is 5.12. The molecule has 0 saturated carbocycles. The van der Waals surface area contributed by atoms with Crippen molar-refractivity contribution in [2.24, 2.45) is 0 Å². The summed E-state index contributed by atoms with van der Waals surface area (Å²) in [6, 6.07) is 16.7. The summed E-state index contributed by atoms with van der Waals surface area (Å²) in [7, 11) is 0. The Kier molecular flexibility index (Phi) is 4.39. The second-order valence-corrected chi connectivity index (χ2v) is 5.12. The van der Waals surface area contributed by atoms with Crippen LogP contribution in [0.1, 0.15) is 23.2 Å². The van der Waals surface area contributed by atoms with Gasteiger partial charge in [0.1, 0.15) is 11.5 Å². The van der Waals surface area contributed by atoms with Crippen molar-refractivity contribution in [3.63, 3.8) is 0 Å². The predicted octanol–water partition coefficient (Wildman–Crippen LogP) is 3.43. The predicted molar refractivity (Wildman–Crippen MR) is 85.7 cm³/mol. The monoisotopic (exact) mass is 294 g/mol. The highest BCUT2D eigenvalue weighted by Crippen LogP contribution is 2.22. The molecule has 0 radical (unpaired) electrons. The van der Waals surface area contributed by atoms with Gasteiger partial charge in [-0.25, -0.2) is 0 Å². The first-order valence-electron chi connectivity index (χ1n) is 7.38. The third-order valence-corrected chi connectivity index (χ3v) is 3.39. The van der Waals surface area contributed by atoms with E-state index in [-0.39, 0.29) is 5.91 Å². The van der Waals surface area contributed by atoms with Gasteiger partial charge in [0.25, 0.3) is 5.91 Å². The highest BCUT2D eigenvalue weighted by molar-refractivity contribution is 5.95. The Labute approximate surface area is 129 Å². The third kappa shape index (κ3) is 3.67. The van der Waals surface area contributed by atoms with Crippen LogP contribution in [0, 0.1) is 0 Å². The fourth-order valence-electron chi connectivity index (χ4n) is 2.29. The lowest BCUT2D eigenvalue weighted by Gasteiger charge is -2.15. The molecular formula is C18H18N2O2. The molecule has 1 aliphatic rings. The zero-order valence-electron chi connectivity index (χ0n) is 12.2. The fraction of sp³-hybridized carbons (Fsp3) is 0.167. The molecule has 22 heavy (non-hydrogen) atoms. The maximum Gasteiger partial charge on any atom is 0.255 e. The lowest BCUT2D eigenvalue weighted by Crippen LogP contribution is -2.27. The van der Waals surface area contributed by atoms with Crippen LogP contribution < -0.4 is 15.4 Å². The summed E-state index contributed by atoms with van der Waals surface area (Å²) in [5.74, 6) is 1.28. The van der Waals surface area contributed by atoms with Crippen molar-refractivity contribution in [3.05, 3.63) is 72.1 Å². The van der Waals surface area contributed by atoms with Crippen LogP contribution in [0.4, 0.5) is 0 Å². The number of benzene rings is 2. The number of hydrogen-bond acceptors (Lipinski definition) is 3. The van der Waals surface area contributed by atoms with Gasteiger partial charge in [-0.05, 0) is 43.2 Å². The SMILES string of the molecule is O=C(NC1=CNCCC1)c1cccc(Oc2ccccc2)c1. The maximum absolute atomic E-state index is 12.3. The molecule has 0 fully saturated rings. The molecule has 1 amide bonds. The first-order chi connectivity index (χ1) is 10.8. The number of allylic oxidation sites excluding steroid dienone is 1. The molecule has 1 heterocycles. The van der Waals surface area contributed by atoms with Crippen molar-refractivity contribution in [1.82, 2.24) is 10.6 Å². The van der Waals surface area contributed by atoms with Gasteiger partial charge in [-0.2, -0.15) is 0 Å². The maximum atomic E-state index is 12.3. The van der Waals surface area contributed by atoms with Gasteiger partial charge >= 0.3 is 0 Å². The van der Waals surface area contributed by atoms with Crippen molar-refractivity contribution < 1.29 is 9.53 Å². The van der Waals surface area contributed by atoms with Gasteiger partial charge in [0.05, 0.1) is 0 Å². The quantitative estimate of drug-likeness (QED) is 0.908. The van der Waals surface area contributed by atoms with E-state index in [4.69, 9.17) is 4.74 Å². The number of para-hydroxylation sites is 1. The first-order valence-corrected chi connectivity index (χ1v) is 7.38. The number of carbonyl (C=O) groups is 1. The van der Waals surface area contributed by atoms with Crippen LogP contribution in [-0.2, 0) is 0 Å². The average molecular weight is 294 g/mol. The molecule has 2 aromatic rings. The van der Waals surface area contributed by atoms with Crippen molar-refractivity contribution in [1.29, 1.82) is 0 Å². The van der Waals surface area contributed by atoms with Crippen molar-refractivity contribution in [2.75, 3.05) is 6.54 Å². The molecule has 1 aliphatic heterocycles. The van der Waals surface area contributed by atoms with E-state index in [9.17, 15) is 4.79 Å². The highest BCUT2D eigenvalue weighted by atomic mass is 16.5.